The number of ketones is 1. The van der Waals surface area contributed by atoms with Crippen LogP contribution >= 0.6 is 0 Å². The lowest BCUT2D eigenvalue weighted by Gasteiger charge is -2.42. The number of aryl methyl sites for hydroxylation is 1. The van der Waals surface area contributed by atoms with Crippen molar-refractivity contribution in [2.24, 2.45) is 5.41 Å². The van der Waals surface area contributed by atoms with Crippen LogP contribution in [0.1, 0.15) is 30.4 Å². The summed E-state index contributed by atoms with van der Waals surface area (Å²) in [7, 11) is 0. The maximum atomic E-state index is 12.3. The van der Waals surface area contributed by atoms with Gasteiger partial charge in [0, 0.05) is 6.42 Å². The third-order valence-electron chi connectivity index (χ3n) is 4.70. The molecule has 2 aromatic rings. The van der Waals surface area contributed by atoms with Gasteiger partial charge in [-0.2, -0.15) is 0 Å². The summed E-state index contributed by atoms with van der Waals surface area (Å²) in [5.41, 5.74) is 3.04. The molecule has 2 aromatic carbocycles. The van der Waals surface area contributed by atoms with Gasteiger partial charge < -0.3 is 0 Å². The van der Waals surface area contributed by atoms with Crippen molar-refractivity contribution in [2.75, 3.05) is 0 Å². The fourth-order valence-corrected chi connectivity index (χ4v) is 3.18. The third-order valence-corrected chi connectivity index (χ3v) is 4.70. The van der Waals surface area contributed by atoms with Gasteiger partial charge in [-0.05, 0) is 36.0 Å². The van der Waals surface area contributed by atoms with Gasteiger partial charge >= 0.3 is 0 Å². The Bertz CT molecular complexity index is 642. The first-order valence-electron chi connectivity index (χ1n) is 7.54. The standard InChI is InChI=1S/C20H20O/c1-16(18-10-6-3-7-11-18)20(15-13-19(20)21)14-12-17-8-4-2-5-9-17/h2-11H,1,12-15H2. The Morgan fingerprint density at radius 1 is 1.00 bits per heavy atom. The molecule has 21 heavy (non-hydrogen) atoms. The Hall–Kier alpha value is -2.15. The zero-order chi connectivity index (χ0) is 14.7. The van der Waals surface area contributed by atoms with E-state index < -0.39 is 0 Å². The van der Waals surface area contributed by atoms with E-state index in [0.717, 1.165) is 30.4 Å². The van der Waals surface area contributed by atoms with Crippen molar-refractivity contribution in [1.82, 2.24) is 0 Å². The van der Waals surface area contributed by atoms with Crippen molar-refractivity contribution in [3.05, 3.63) is 78.4 Å². The van der Waals surface area contributed by atoms with Crippen molar-refractivity contribution < 1.29 is 4.79 Å². The molecule has 0 saturated heterocycles. The van der Waals surface area contributed by atoms with Gasteiger partial charge in [-0.1, -0.05) is 67.2 Å². The fourth-order valence-electron chi connectivity index (χ4n) is 3.18. The fraction of sp³-hybridized carbons (Fsp3) is 0.250. The number of Topliss-reactive ketones (excluding diaryl/α,β-unsaturated/α-hetero) is 1. The van der Waals surface area contributed by atoms with Crippen LogP contribution in [-0.2, 0) is 11.2 Å². The highest BCUT2D eigenvalue weighted by Crippen LogP contribution is 2.50. The van der Waals surface area contributed by atoms with Gasteiger partial charge in [-0.25, -0.2) is 0 Å². The van der Waals surface area contributed by atoms with E-state index in [1.54, 1.807) is 0 Å². The number of hydrogen-bond acceptors (Lipinski definition) is 1. The average Bonchev–Trinajstić information content (AvgIpc) is 2.55. The van der Waals surface area contributed by atoms with Gasteiger partial charge in [0.05, 0.1) is 5.41 Å². The molecule has 0 spiro atoms. The highest BCUT2D eigenvalue weighted by molar-refractivity contribution is 6.02. The largest absolute Gasteiger partial charge is 0.299 e. The van der Waals surface area contributed by atoms with Gasteiger partial charge in [-0.15, -0.1) is 0 Å². The molecular formula is C20H20O. The topological polar surface area (TPSA) is 17.1 Å². The van der Waals surface area contributed by atoms with Crippen LogP contribution in [-0.4, -0.2) is 5.78 Å². The summed E-state index contributed by atoms with van der Waals surface area (Å²) in [6.07, 6.45) is 3.43. The summed E-state index contributed by atoms with van der Waals surface area (Å²) in [6, 6.07) is 20.5. The molecule has 1 fully saturated rings. The molecule has 1 aliphatic rings. The molecule has 0 aromatic heterocycles. The normalized spacial score (nSPS) is 20.9. The van der Waals surface area contributed by atoms with Crippen molar-refractivity contribution in [2.45, 2.75) is 25.7 Å². The van der Waals surface area contributed by atoms with E-state index >= 15 is 0 Å². The summed E-state index contributed by atoms with van der Waals surface area (Å²) in [4.78, 5) is 12.3. The summed E-state index contributed by atoms with van der Waals surface area (Å²) in [5, 5.41) is 0. The molecule has 0 radical (unpaired) electrons. The third kappa shape index (κ3) is 2.56. The predicted molar refractivity (Wildman–Crippen MR) is 86.9 cm³/mol. The van der Waals surface area contributed by atoms with Gasteiger partial charge in [0.1, 0.15) is 5.78 Å². The minimum absolute atomic E-state index is 0.336. The first-order valence-corrected chi connectivity index (χ1v) is 7.54. The van der Waals surface area contributed by atoms with E-state index in [1.807, 2.05) is 24.3 Å². The van der Waals surface area contributed by atoms with E-state index in [9.17, 15) is 4.79 Å². The second kappa shape index (κ2) is 5.69. The van der Waals surface area contributed by atoms with Gasteiger partial charge in [0.15, 0.2) is 0 Å². The van der Waals surface area contributed by atoms with Crippen LogP contribution in [0.5, 0.6) is 0 Å². The number of allylic oxidation sites excluding steroid dienone is 1. The Morgan fingerprint density at radius 2 is 1.62 bits per heavy atom. The number of benzene rings is 2. The summed E-state index contributed by atoms with van der Waals surface area (Å²) in [5.74, 6) is 0.354. The number of carbonyl (C=O) groups is 1. The molecule has 1 heteroatoms. The molecule has 0 heterocycles. The summed E-state index contributed by atoms with van der Waals surface area (Å²) in [6.45, 7) is 4.26. The van der Waals surface area contributed by atoms with Gasteiger partial charge in [-0.3, -0.25) is 4.79 Å². The molecule has 0 amide bonds. The average molecular weight is 276 g/mol. The van der Waals surface area contributed by atoms with Crippen molar-refractivity contribution >= 4 is 11.4 Å². The molecule has 1 aliphatic carbocycles. The lowest BCUT2D eigenvalue weighted by atomic mass is 9.59. The highest BCUT2D eigenvalue weighted by atomic mass is 16.1. The zero-order valence-corrected chi connectivity index (χ0v) is 12.2. The minimum Gasteiger partial charge on any atom is -0.299 e. The summed E-state index contributed by atoms with van der Waals surface area (Å²) >= 11 is 0. The quantitative estimate of drug-likeness (QED) is 0.774. The Labute approximate surface area is 126 Å². The Kier molecular flexibility index (Phi) is 3.74. The minimum atomic E-state index is -0.336. The molecule has 0 bridgehead atoms. The number of carbonyl (C=O) groups excluding carboxylic acids is 1. The molecule has 3 rings (SSSR count). The van der Waals surface area contributed by atoms with E-state index in [2.05, 4.69) is 43.0 Å². The first-order chi connectivity index (χ1) is 10.2. The highest BCUT2D eigenvalue weighted by Gasteiger charge is 2.47. The Morgan fingerprint density at radius 3 is 2.14 bits per heavy atom. The van der Waals surface area contributed by atoms with Gasteiger partial charge in [0.2, 0.25) is 0 Å². The molecule has 1 unspecified atom stereocenters. The molecule has 1 atom stereocenters. The molecule has 1 nitrogen and oxygen atoms in total. The van der Waals surface area contributed by atoms with E-state index in [4.69, 9.17) is 0 Å². The van der Waals surface area contributed by atoms with Crippen LogP contribution in [0, 0.1) is 5.41 Å². The van der Waals surface area contributed by atoms with Crippen molar-refractivity contribution in [1.29, 1.82) is 0 Å². The van der Waals surface area contributed by atoms with Crippen LogP contribution in [0.3, 0.4) is 0 Å². The molecular weight excluding hydrogens is 256 g/mol. The molecule has 1 saturated carbocycles. The molecule has 0 N–H and O–H groups in total. The maximum absolute atomic E-state index is 12.3. The van der Waals surface area contributed by atoms with Crippen molar-refractivity contribution in [3.8, 4) is 0 Å². The van der Waals surface area contributed by atoms with Crippen LogP contribution in [0.25, 0.3) is 5.57 Å². The van der Waals surface area contributed by atoms with E-state index in [0.29, 0.717) is 12.2 Å². The summed E-state index contributed by atoms with van der Waals surface area (Å²) < 4.78 is 0. The second-order valence-corrected chi connectivity index (χ2v) is 5.84. The van der Waals surface area contributed by atoms with Crippen LogP contribution in [0.4, 0.5) is 0 Å². The van der Waals surface area contributed by atoms with E-state index in [1.165, 1.54) is 5.56 Å². The monoisotopic (exact) mass is 276 g/mol. The first kappa shape index (κ1) is 13.8. The lowest BCUT2D eigenvalue weighted by molar-refractivity contribution is -0.134. The number of rotatable bonds is 5. The van der Waals surface area contributed by atoms with Crippen LogP contribution in [0.2, 0.25) is 0 Å². The van der Waals surface area contributed by atoms with E-state index in [-0.39, 0.29) is 5.41 Å². The maximum Gasteiger partial charge on any atom is 0.143 e. The predicted octanol–water partition coefficient (Wildman–Crippen LogP) is 4.68. The molecule has 0 aliphatic heterocycles. The van der Waals surface area contributed by atoms with Crippen LogP contribution in [0.15, 0.2) is 67.2 Å². The second-order valence-electron chi connectivity index (χ2n) is 5.84. The Balaban J connectivity index is 1.81. The number of hydrogen-bond donors (Lipinski definition) is 0. The lowest BCUT2D eigenvalue weighted by Crippen LogP contribution is -2.42. The SMILES string of the molecule is C=C(c1ccccc1)C1(CCc2ccccc2)CCC1=O. The zero-order valence-electron chi connectivity index (χ0n) is 12.2. The smallest absolute Gasteiger partial charge is 0.143 e. The van der Waals surface area contributed by atoms with Gasteiger partial charge in [0.25, 0.3) is 0 Å². The van der Waals surface area contributed by atoms with Crippen LogP contribution < -0.4 is 0 Å². The molecule has 106 valence electrons. The van der Waals surface area contributed by atoms with Crippen molar-refractivity contribution in [3.63, 3.8) is 0 Å².